The summed E-state index contributed by atoms with van der Waals surface area (Å²) in [7, 11) is 0. The number of Topliss-reactive ketones (excluding diaryl/α,β-unsaturated/α-hetero) is 1. The van der Waals surface area contributed by atoms with Crippen molar-refractivity contribution < 1.29 is 23.9 Å². The molecule has 0 saturated carbocycles. The van der Waals surface area contributed by atoms with E-state index in [0.717, 1.165) is 29.3 Å². The van der Waals surface area contributed by atoms with Crippen LogP contribution in [0.1, 0.15) is 62.7 Å². The number of aromatic nitrogens is 1. The molecule has 0 bridgehead atoms. The number of amides is 2. The fourth-order valence-corrected chi connectivity index (χ4v) is 3.60. The molecule has 1 aromatic heterocycles. The summed E-state index contributed by atoms with van der Waals surface area (Å²) < 4.78 is 7.17. The predicted octanol–water partition coefficient (Wildman–Crippen LogP) is 3.17. The minimum absolute atomic E-state index is 0.264. The van der Waals surface area contributed by atoms with E-state index < -0.39 is 30.9 Å². The number of nitrogens with zero attached hydrogens (tertiary/aromatic N) is 2. The van der Waals surface area contributed by atoms with Crippen LogP contribution in [0.2, 0.25) is 0 Å². The molecule has 2 heterocycles. The van der Waals surface area contributed by atoms with E-state index >= 15 is 0 Å². The van der Waals surface area contributed by atoms with Gasteiger partial charge in [-0.3, -0.25) is 24.1 Å². The van der Waals surface area contributed by atoms with Crippen molar-refractivity contribution in [3.63, 3.8) is 0 Å². The SMILES string of the molecule is Cc1cc(C(=O)COC(=O)CN2C(=O)c3ccccc3C2=O)c(C)n1CCC(C)C. The van der Waals surface area contributed by atoms with Crippen molar-refractivity contribution in [2.45, 2.75) is 40.7 Å². The summed E-state index contributed by atoms with van der Waals surface area (Å²) in [5.74, 6) is -1.63. The molecule has 0 spiro atoms. The maximum Gasteiger partial charge on any atom is 0.326 e. The molecule has 0 atom stereocenters. The number of benzene rings is 1. The Morgan fingerprint density at radius 1 is 1.03 bits per heavy atom. The van der Waals surface area contributed by atoms with Gasteiger partial charge in [0.25, 0.3) is 11.8 Å². The highest BCUT2D eigenvalue weighted by atomic mass is 16.5. The summed E-state index contributed by atoms with van der Waals surface area (Å²) in [6.45, 7) is 7.98. The van der Waals surface area contributed by atoms with Gasteiger partial charge in [0, 0.05) is 23.5 Å². The first kappa shape index (κ1) is 21.5. The molecule has 2 aromatic rings. The summed E-state index contributed by atoms with van der Waals surface area (Å²) in [4.78, 5) is 50.3. The summed E-state index contributed by atoms with van der Waals surface area (Å²) in [6.07, 6.45) is 0.999. The maximum absolute atomic E-state index is 12.6. The highest BCUT2D eigenvalue weighted by molar-refractivity contribution is 6.22. The van der Waals surface area contributed by atoms with E-state index in [-0.39, 0.29) is 16.9 Å². The molecular weight excluding hydrogens is 384 g/mol. The van der Waals surface area contributed by atoms with Crippen LogP contribution in [-0.4, -0.2) is 46.2 Å². The van der Waals surface area contributed by atoms with Crippen molar-refractivity contribution in [2.24, 2.45) is 5.92 Å². The fraction of sp³-hybridized carbons (Fsp3) is 0.391. The monoisotopic (exact) mass is 410 g/mol. The van der Waals surface area contributed by atoms with Crippen LogP contribution in [-0.2, 0) is 16.1 Å². The smallest absolute Gasteiger partial charge is 0.326 e. The lowest BCUT2D eigenvalue weighted by Crippen LogP contribution is -2.36. The van der Waals surface area contributed by atoms with Gasteiger partial charge < -0.3 is 9.30 Å². The minimum Gasteiger partial charge on any atom is -0.456 e. The quantitative estimate of drug-likeness (QED) is 0.379. The van der Waals surface area contributed by atoms with Gasteiger partial charge in [-0.15, -0.1) is 0 Å². The Morgan fingerprint density at radius 2 is 1.63 bits per heavy atom. The van der Waals surface area contributed by atoms with Gasteiger partial charge in [-0.2, -0.15) is 0 Å². The molecule has 30 heavy (non-hydrogen) atoms. The molecule has 2 amide bonds. The molecule has 7 heteroatoms. The number of hydrogen-bond donors (Lipinski definition) is 0. The number of ether oxygens (including phenoxy) is 1. The lowest BCUT2D eigenvalue weighted by atomic mass is 10.1. The molecule has 7 nitrogen and oxygen atoms in total. The van der Waals surface area contributed by atoms with E-state index in [2.05, 4.69) is 18.4 Å². The first-order valence-corrected chi connectivity index (χ1v) is 10.0. The molecule has 0 radical (unpaired) electrons. The Balaban J connectivity index is 1.59. The number of carbonyl (C=O) groups excluding carboxylic acids is 4. The lowest BCUT2D eigenvalue weighted by Gasteiger charge is -2.13. The van der Waals surface area contributed by atoms with Crippen molar-refractivity contribution in [2.75, 3.05) is 13.2 Å². The third-order valence-corrected chi connectivity index (χ3v) is 5.33. The topological polar surface area (TPSA) is 85.7 Å². The Morgan fingerprint density at radius 3 is 2.20 bits per heavy atom. The van der Waals surface area contributed by atoms with Crippen molar-refractivity contribution in [3.05, 3.63) is 58.4 Å². The number of ketones is 1. The molecule has 1 aliphatic heterocycles. The summed E-state index contributed by atoms with van der Waals surface area (Å²) in [6, 6.07) is 8.19. The van der Waals surface area contributed by atoms with Crippen LogP contribution < -0.4 is 0 Å². The molecule has 1 aliphatic rings. The van der Waals surface area contributed by atoms with Crippen LogP contribution in [0.5, 0.6) is 0 Å². The zero-order valence-electron chi connectivity index (χ0n) is 17.7. The van der Waals surface area contributed by atoms with E-state index in [0.29, 0.717) is 11.5 Å². The van der Waals surface area contributed by atoms with Crippen molar-refractivity contribution in [1.29, 1.82) is 0 Å². The van der Waals surface area contributed by atoms with Crippen LogP contribution in [0.25, 0.3) is 0 Å². The van der Waals surface area contributed by atoms with Gasteiger partial charge in [0.1, 0.15) is 6.54 Å². The van der Waals surface area contributed by atoms with Gasteiger partial charge in [-0.05, 0) is 44.4 Å². The van der Waals surface area contributed by atoms with E-state index in [1.807, 2.05) is 13.8 Å². The summed E-state index contributed by atoms with van der Waals surface area (Å²) in [5, 5.41) is 0. The highest BCUT2D eigenvalue weighted by Crippen LogP contribution is 2.22. The van der Waals surface area contributed by atoms with Gasteiger partial charge in [0.05, 0.1) is 11.1 Å². The van der Waals surface area contributed by atoms with Gasteiger partial charge in [0.2, 0.25) is 5.78 Å². The zero-order valence-corrected chi connectivity index (χ0v) is 17.7. The second kappa shape index (κ2) is 8.65. The minimum atomic E-state index is -0.800. The van der Waals surface area contributed by atoms with Crippen LogP contribution in [0.15, 0.2) is 30.3 Å². The Kier molecular flexibility index (Phi) is 6.20. The molecule has 0 N–H and O–H groups in total. The van der Waals surface area contributed by atoms with Gasteiger partial charge in [-0.25, -0.2) is 0 Å². The van der Waals surface area contributed by atoms with Crippen LogP contribution in [0, 0.1) is 19.8 Å². The lowest BCUT2D eigenvalue weighted by molar-refractivity contribution is -0.142. The molecule has 0 fully saturated rings. The van der Waals surface area contributed by atoms with Gasteiger partial charge in [0.15, 0.2) is 6.61 Å². The highest BCUT2D eigenvalue weighted by Gasteiger charge is 2.36. The van der Waals surface area contributed by atoms with E-state index in [9.17, 15) is 19.2 Å². The van der Waals surface area contributed by atoms with Gasteiger partial charge in [-0.1, -0.05) is 26.0 Å². The molecular formula is C23H26N2O5. The number of rotatable bonds is 8. The second-order valence-corrected chi connectivity index (χ2v) is 7.94. The standard InChI is InChI=1S/C23H26N2O5/c1-14(2)9-10-24-15(3)11-19(16(24)4)20(26)13-30-21(27)12-25-22(28)17-7-5-6-8-18(17)23(25)29/h5-8,11,14H,9-10,12-13H2,1-4H3. The zero-order chi connectivity index (χ0) is 22.0. The van der Waals surface area contributed by atoms with E-state index in [1.54, 1.807) is 30.3 Å². The van der Waals surface area contributed by atoms with E-state index in [1.165, 1.54) is 0 Å². The van der Waals surface area contributed by atoms with Gasteiger partial charge >= 0.3 is 5.97 Å². The van der Waals surface area contributed by atoms with Crippen LogP contribution >= 0.6 is 0 Å². The number of fused-ring (bicyclic) bond motifs is 1. The van der Waals surface area contributed by atoms with E-state index in [4.69, 9.17) is 4.74 Å². The molecule has 1 aromatic carbocycles. The third kappa shape index (κ3) is 4.20. The summed E-state index contributed by atoms with van der Waals surface area (Å²) in [5.41, 5.74) is 2.87. The Labute approximate surface area is 175 Å². The Hall–Kier alpha value is -3.22. The average Bonchev–Trinajstić information content (AvgIpc) is 3.13. The molecule has 0 unspecified atom stereocenters. The number of carbonyl (C=O) groups is 4. The van der Waals surface area contributed by atoms with Crippen molar-refractivity contribution in [1.82, 2.24) is 9.47 Å². The number of aryl methyl sites for hydroxylation is 1. The first-order chi connectivity index (χ1) is 14.2. The van der Waals surface area contributed by atoms with Crippen LogP contribution in [0.4, 0.5) is 0 Å². The largest absolute Gasteiger partial charge is 0.456 e. The molecule has 0 saturated heterocycles. The average molecular weight is 410 g/mol. The van der Waals surface area contributed by atoms with Crippen molar-refractivity contribution in [3.8, 4) is 0 Å². The first-order valence-electron chi connectivity index (χ1n) is 10.0. The number of hydrogen-bond acceptors (Lipinski definition) is 5. The maximum atomic E-state index is 12.6. The number of esters is 1. The number of imide groups is 1. The fourth-order valence-electron chi connectivity index (χ4n) is 3.60. The third-order valence-electron chi connectivity index (χ3n) is 5.33. The molecule has 3 rings (SSSR count). The normalized spacial score (nSPS) is 13.2. The Bertz CT molecular complexity index is 984. The second-order valence-electron chi connectivity index (χ2n) is 7.94. The molecule has 0 aliphatic carbocycles. The molecule has 158 valence electrons. The summed E-state index contributed by atoms with van der Waals surface area (Å²) >= 11 is 0. The van der Waals surface area contributed by atoms with Crippen molar-refractivity contribution >= 4 is 23.6 Å². The predicted molar refractivity (Wildman–Crippen MR) is 110 cm³/mol. The van der Waals surface area contributed by atoms with Crippen LogP contribution in [0.3, 0.4) is 0 Å².